The molecule has 1 atom stereocenters. The lowest BCUT2D eigenvalue weighted by molar-refractivity contribution is -0.120. The fraction of sp³-hybridized carbons (Fsp3) is 0.900. The third kappa shape index (κ3) is 4.82. The number of hydrogen-bond donors (Lipinski definition) is 1. The van der Waals surface area contributed by atoms with Crippen LogP contribution in [-0.4, -0.2) is 31.0 Å². The summed E-state index contributed by atoms with van der Waals surface area (Å²) in [6, 6.07) is 0. The van der Waals surface area contributed by atoms with Crippen molar-refractivity contribution in [2.24, 2.45) is 0 Å². The van der Waals surface area contributed by atoms with Crippen LogP contribution in [0.25, 0.3) is 0 Å². The lowest BCUT2D eigenvalue weighted by atomic mass is 10.1. The molecule has 82 valence electrons. The van der Waals surface area contributed by atoms with Gasteiger partial charge in [0.25, 0.3) is 0 Å². The van der Waals surface area contributed by atoms with E-state index in [1.54, 1.807) is 0 Å². The summed E-state index contributed by atoms with van der Waals surface area (Å²) < 4.78 is 5.54. The first-order valence-corrected chi connectivity index (χ1v) is 5.80. The number of alkyl halides is 1. The van der Waals surface area contributed by atoms with Crippen molar-refractivity contribution in [1.82, 2.24) is 5.32 Å². The molecule has 0 bridgehead atoms. The van der Waals surface area contributed by atoms with Gasteiger partial charge in [-0.25, -0.2) is 0 Å². The summed E-state index contributed by atoms with van der Waals surface area (Å²) in [4.78, 5) is 11.0. The summed E-state index contributed by atoms with van der Waals surface area (Å²) in [5.74, 6) is 0.432. The predicted molar refractivity (Wildman–Crippen MR) is 56.6 cm³/mol. The van der Waals surface area contributed by atoms with Crippen molar-refractivity contribution < 1.29 is 9.53 Å². The number of halogens is 1. The molecule has 0 aromatic heterocycles. The normalized spacial score (nSPS) is 21.9. The molecular formula is C10H18ClNO2. The molecule has 0 aromatic rings. The number of ether oxygens (including phenoxy) is 1. The van der Waals surface area contributed by atoms with Crippen LogP contribution in [0, 0.1) is 0 Å². The molecule has 0 aliphatic carbocycles. The second-order valence-electron chi connectivity index (χ2n) is 3.57. The number of hydrogen-bond acceptors (Lipinski definition) is 2. The Morgan fingerprint density at radius 2 is 2.36 bits per heavy atom. The van der Waals surface area contributed by atoms with Crippen LogP contribution >= 0.6 is 11.6 Å². The van der Waals surface area contributed by atoms with E-state index in [9.17, 15) is 4.79 Å². The van der Waals surface area contributed by atoms with Crippen molar-refractivity contribution in [3.8, 4) is 0 Å². The zero-order chi connectivity index (χ0) is 10.2. The third-order valence-corrected chi connectivity index (χ3v) is 2.57. The highest BCUT2D eigenvalue weighted by Gasteiger charge is 2.13. The summed E-state index contributed by atoms with van der Waals surface area (Å²) in [6.07, 6.45) is 5.24. The van der Waals surface area contributed by atoms with Crippen LogP contribution in [0.1, 0.15) is 32.1 Å². The first kappa shape index (κ1) is 11.8. The lowest BCUT2D eigenvalue weighted by Crippen LogP contribution is -2.29. The lowest BCUT2D eigenvalue weighted by Gasteiger charge is -2.22. The second kappa shape index (κ2) is 7.07. The van der Waals surface area contributed by atoms with Crippen LogP contribution in [-0.2, 0) is 9.53 Å². The van der Waals surface area contributed by atoms with E-state index in [1.807, 2.05) is 0 Å². The van der Waals surface area contributed by atoms with Gasteiger partial charge in [-0.3, -0.25) is 4.79 Å². The van der Waals surface area contributed by atoms with E-state index >= 15 is 0 Å². The zero-order valence-corrected chi connectivity index (χ0v) is 9.18. The quantitative estimate of drug-likeness (QED) is 0.715. The van der Waals surface area contributed by atoms with Crippen LogP contribution in [0.3, 0.4) is 0 Å². The van der Waals surface area contributed by atoms with E-state index in [0.717, 1.165) is 19.4 Å². The minimum atomic E-state index is 0.0378. The molecule has 0 saturated carbocycles. The monoisotopic (exact) mass is 219 g/mol. The molecule has 0 aromatic carbocycles. The van der Waals surface area contributed by atoms with Crippen molar-refractivity contribution in [2.45, 2.75) is 38.2 Å². The van der Waals surface area contributed by atoms with Crippen molar-refractivity contribution in [1.29, 1.82) is 0 Å². The second-order valence-corrected chi connectivity index (χ2v) is 3.94. The van der Waals surface area contributed by atoms with Gasteiger partial charge in [-0.05, 0) is 25.7 Å². The maximum Gasteiger partial charge on any atom is 0.221 e. The van der Waals surface area contributed by atoms with E-state index in [2.05, 4.69) is 5.32 Å². The van der Waals surface area contributed by atoms with Gasteiger partial charge in [0.1, 0.15) is 0 Å². The standard InChI is InChI=1S/C10H18ClNO2/c11-6-4-10(13)12-7-5-9-3-1-2-8-14-9/h9H,1-8H2,(H,12,13). The Balaban J connectivity index is 1.99. The largest absolute Gasteiger partial charge is 0.378 e. The highest BCUT2D eigenvalue weighted by Crippen LogP contribution is 2.14. The number of rotatable bonds is 5. The average molecular weight is 220 g/mol. The van der Waals surface area contributed by atoms with Gasteiger partial charge in [0.05, 0.1) is 6.10 Å². The highest BCUT2D eigenvalue weighted by atomic mass is 35.5. The van der Waals surface area contributed by atoms with Crippen LogP contribution in [0.4, 0.5) is 0 Å². The van der Waals surface area contributed by atoms with Gasteiger partial charge in [-0.15, -0.1) is 11.6 Å². The highest BCUT2D eigenvalue weighted by molar-refractivity contribution is 6.18. The Morgan fingerprint density at radius 3 is 3.00 bits per heavy atom. The number of carbonyl (C=O) groups excluding carboxylic acids is 1. The first-order chi connectivity index (χ1) is 6.83. The maximum absolute atomic E-state index is 11.0. The molecule has 3 nitrogen and oxygen atoms in total. The predicted octanol–water partition coefficient (Wildman–Crippen LogP) is 1.69. The smallest absolute Gasteiger partial charge is 0.221 e. The van der Waals surface area contributed by atoms with E-state index in [1.165, 1.54) is 12.8 Å². The minimum absolute atomic E-state index is 0.0378. The molecule has 14 heavy (non-hydrogen) atoms. The van der Waals surface area contributed by atoms with Gasteiger partial charge < -0.3 is 10.1 Å². The molecule has 0 spiro atoms. The molecule has 1 unspecified atom stereocenters. The Kier molecular flexibility index (Phi) is 5.96. The van der Waals surface area contributed by atoms with E-state index in [4.69, 9.17) is 16.3 Å². The fourth-order valence-corrected chi connectivity index (χ4v) is 1.75. The third-order valence-electron chi connectivity index (χ3n) is 2.38. The molecule has 1 N–H and O–H groups in total. The molecule has 1 fully saturated rings. The summed E-state index contributed by atoms with van der Waals surface area (Å²) in [5, 5.41) is 2.83. The van der Waals surface area contributed by atoms with Crippen LogP contribution in [0.5, 0.6) is 0 Å². The Bertz CT molecular complexity index is 170. The Labute approximate surface area is 90.1 Å². The fourth-order valence-electron chi connectivity index (χ4n) is 1.58. The van der Waals surface area contributed by atoms with Crippen molar-refractivity contribution in [2.75, 3.05) is 19.0 Å². The van der Waals surface area contributed by atoms with Gasteiger partial charge >= 0.3 is 0 Å². The van der Waals surface area contributed by atoms with Crippen molar-refractivity contribution in [3.63, 3.8) is 0 Å². The molecular weight excluding hydrogens is 202 g/mol. The van der Waals surface area contributed by atoms with E-state index < -0.39 is 0 Å². The molecule has 1 saturated heterocycles. The van der Waals surface area contributed by atoms with Crippen LogP contribution in [0.15, 0.2) is 0 Å². The number of amides is 1. The number of carbonyl (C=O) groups is 1. The van der Waals surface area contributed by atoms with Crippen LogP contribution < -0.4 is 5.32 Å². The molecule has 0 radical (unpaired) electrons. The number of nitrogens with one attached hydrogen (secondary N) is 1. The molecule has 1 amide bonds. The van der Waals surface area contributed by atoms with Gasteiger partial charge in [-0.1, -0.05) is 0 Å². The maximum atomic E-state index is 11.0. The molecule has 1 aliphatic heterocycles. The topological polar surface area (TPSA) is 38.3 Å². The van der Waals surface area contributed by atoms with E-state index in [-0.39, 0.29) is 5.91 Å². The summed E-state index contributed by atoms with van der Waals surface area (Å²) in [5.41, 5.74) is 0. The minimum Gasteiger partial charge on any atom is -0.378 e. The summed E-state index contributed by atoms with van der Waals surface area (Å²) in [7, 11) is 0. The molecule has 1 rings (SSSR count). The van der Waals surface area contributed by atoms with Crippen molar-refractivity contribution >= 4 is 17.5 Å². The Morgan fingerprint density at radius 1 is 1.50 bits per heavy atom. The first-order valence-electron chi connectivity index (χ1n) is 5.27. The molecule has 4 heteroatoms. The average Bonchev–Trinajstić information content (AvgIpc) is 2.20. The Hall–Kier alpha value is -0.280. The summed E-state index contributed by atoms with van der Waals surface area (Å²) in [6.45, 7) is 1.58. The van der Waals surface area contributed by atoms with Gasteiger partial charge in [-0.2, -0.15) is 0 Å². The van der Waals surface area contributed by atoms with E-state index in [0.29, 0.717) is 24.9 Å². The van der Waals surface area contributed by atoms with Gasteiger partial charge in [0.15, 0.2) is 0 Å². The van der Waals surface area contributed by atoms with Gasteiger partial charge in [0.2, 0.25) is 5.91 Å². The van der Waals surface area contributed by atoms with Crippen LogP contribution in [0.2, 0.25) is 0 Å². The molecule has 1 heterocycles. The SMILES string of the molecule is O=C(CCCl)NCCC1CCCCO1. The molecule has 1 aliphatic rings. The summed E-state index contributed by atoms with van der Waals surface area (Å²) >= 11 is 5.44. The zero-order valence-electron chi connectivity index (χ0n) is 8.43. The van der Waals surface area contributed by atoms with Gasteiger partial charge in [0, 0.05) is 25.5 Å². The van der Waals surface area contributed by atoms with Crippen molar-refractivity contribution in [3.05, 3.63) is 0 Å².